The van der Waals surface area contributed by atoms with Crippen LogP contribution >= 0.6 is 0 Å². The number of aliphatic hydroxyl groups is 1. The van der Waals surface area contributed by atoms with E-state index in [0.29, 0.717) is 23.4 Å². The minimum atomic E-state index is -0.734. The molecule has 2 aromatic rings. The molecule has 6 nitrogen and oxygen atoms in total. The van der Waals surface area contributed by atoms with E-state index in [0.717, 1.165) is 24.0 Å². The van der Waals surface area contributed by atoms with Gasteiger partial charge >= 0.3 is 0 Å². The van der Waals surface area contributed by atoms with Gasteiger partial charge in [-0.1, -0.05) is 31.5 Å². The molecule has 1 unspecified atom stereocenters. The van der Waals surface area contributed by atoms with E-state index in [1.54, 1.807) is 18.2 Å². The fourth-order valence-corrected chi connectivity index (χ4v) is 3.99. The van der Waals surface area contributed by atoms with E-state index in [9.17, 15) is 19.8 Å². The average Bonchev–Trinajstić information content (AvgIpc) is 2.96. The van der Waals surface area contributed by atoms with Gasteiger partial charge in [-0.2, -0.15) is 0 Å². The Morgan fingerprint density at radius 1 is 1.13 bits per heavy atom. The molecule has 0 aromatic heterocycles. The van der Waals surface area contributed by atoms with Gasteiger partial charge in [0.2, 0.25) is 0 Å². The zero-order chi connectivity index (χ0) is 22.0. The number of aromatic hydroxyl groups is 1. The molecule has 2 N–H and O–H groups in total. The lowest BCUT2D eigenvalue weighted by Gasteiger charge is -2.25. The van der Waals surface area contributed by atoms with Crippen LogP contribution in [0.5, 0.6) is 11.5 Å². The minimum Gasteiger partial charge on any atom is -0.508 e. The molecule has 1 aliphatic heterocycles. The maximum Gasteiger partial charge on any atom is 0.295 e. The third kappa shape index (κ3) is 3.77. The number of nitrogens with zero attached hydrogens (tertiary/aromatic N) is 1. The maximum atomic E-state index is 13.0. The number of unbranched alkanes of at least 4 members (excludes halogenated alkanes) is 1. The SMILES string of the molecule is CCCCN1C(=O)C(=O)/C(=C(/O)c2cc(C)cc(C)c2OC)C1c1ccc(O)cc1. The Bertz CT molecular complexity index is 1010. The fourth-order valence-electron chi connectivity index (χ4n) is 3.99. The molecule has 1 fully saturated rings. The molecule has 6 heteroatoms. The first-order valence-electron chi connectivity index (χ1n) is 10.0. The van der Waals surface area contributed by atoms with Crippen LogP contribution in [-0.4, -0.2) is 40.5 Å². The number of carbonyl (C=O) groups is 2. The van der Waals surface area contributed by atoms with E-state index in [2.05, 4.69) is 0 Å². The van der Waals surface area contributed by atoms with Crippen LogP contribution in [0, 0.1) is 13.8 Å². The smallest absolute Gasteiger partial charge is 0.295 e. The molecule has 158 valence electrons. The normalized spacial score (nSPS) is 18.1. The van der Waals surface area contributed by atoms with Crippen LogP contribution in [-0.2, 0) is 9.59 Å². The van der Waals surface area contributed by atoms with Gasteiger partial charge in [0.25, 0.3) is 11.7 Å². The Balaban J connectivity index is 2.25. The predicted octanol–water partition coefficient (Wildman–Crippen LogP) is 4.24. The van der Waals surface area contributed by atoms with Crippen molar-refractivity contribution in [1.29, 1.82) is 0 Å². The van der Waals surface area contributed by atoms with E-state index in [-0.39, 0.29) is 17.1 Å². The summed E-state index contributed by atoms with van der Waals surface area (Å²) in [5.74, 6) is -1.06. The van der Waals surface area contributed by atoms with Gasteiger partial charge in [-0.05, 0) is 55.2 Å². The zero-order valence-corrected chi connectivity index (χ0v) is 17.7. The molecule has 3 rings (SSSR count). The van der Waals surface area contributed by atoms with Crippen LogP contribution in [0.4, 0.5) is 0 Å². The molecule has 1 heterocycles. The monoisotopic (exact) mass is 409 g/mol. The second kappa shape index (κ2) is 8.61. The van der Waals surface area contributed by atoms with Gasteiger partial charge in [-0.25, -0.2) is 0 Å². The topological polar surface area (TPSA) is 87.1 Å². The standard InChI is InChI=1S/C24H27NO5/c1-5-6-11-25-20(16-7-9-17(26)10-8-16)19(22(28)24(25)29)21(27)18-13-14(2)12-15(3)23(18)30-4/h7-10,12-13,20,26-27H,5-6,11H2,1-4H3/b21-19+. The van der Waals surface area contributed by atoms with Gasteiger partial charge in [0, 0.05) is 6.54 Å². The van der Waals surface area contributed by atoms with Crippen molar-refractivity contribution in [2.24, 2.45) is 0 Å². The van der Waals surface area contributed by atoms with E-state index in [1.807, 2.05) is 26.8 Å². The number of ketones is 1. The molecule has 1 atom stereocenters. The minimum absolute atomic E-state index is 0.0325. The van der Waals surface area contributed by atoms with Gasteiger partial charge in [-0.15, -0.1) is 0 Å². The second-order valence-corrected chi connectivity index (χ2v) is 7.60. The number of ether oxygens (including phenoxy) is 1. The Hall–Kier alpha value is -3.28. The van der Waals surface area contributed by atoms with Crippen LogP contribution in [0.1, 0.15) is 48.1 Å². The lowest BCUT2D eigenvalue weighted by Crippen LogP contribution is -2.30. The number of phenolic OH excluding ortho intramolecular Hbond substituents is 1. The number of methoxy groups -OCH3 is 1. The number of Topliss-reactive ketones (excluding diaryl/α,β-unsaturated/α-hetero) is 1. The average molecular weight is 409 g/mol. The highest BCUT2D eigenvalue weighted by atomic mass is 16.5. The number of phenols is 1. The van der Waals surface area contributed by atoms with E-state index in [4.69, 9.17) is 4.74 Å². The molecule has 30 heavy (non-hydrogen) atoms. The highest BCUT2D eigenvalue weighted by Gasteiger charge is 2.46. The summed E-state index contributed by atoms with van der Waals surface area (Å²) in [4.78, 5) is 27.4. The molecular formula is C24H27NO5. The molecular weight excluding hydrogens is 382 g/mol. The van der Waals surface area contributed by atoms with Crippen molar-refractivity contribution >= 4 is 17.4 Å². The van der Waals surface area contributed by atoms with Crippen molar-refractivity contribution in [2.75, 3.05) is 13.7 Å². The van der Waals surface area contributed by atoms with Crippen molar-refractivity contribution < 1.29 is 24.5 Å². The van der Waals surface area contributed by atoms with Crippen LogP contribution in [0.3, 0.4) is 0 Å². The lowest BCUT2D eigenvalue weighted by atomic mass is 9.93. The number of carbonyl (C=O) groups excluding carboxylic acids is 2. The van der Waals surface area contributed by atoms with Gasteiger partial charge in [0.15, 0.2) is 0 Å². The van der Waals surface area contributed by atoms with E-state index in [1.165, 1.54) is 24.1 Å². The summed E-state index contributed by atoms with van der Waals surface area (Å²) in [5, 5.41) is 20.9. The summed E-state index contributed by atoms with van der Waals surface area (Å²) >= 11 is 0. The van der Waals surface area contributed by atoms with Crippen LogP contribution < -0.4 is 4.74 Å². The van der Waals surface area contributed by atoms with Crippen molar-refractivity contribution in [3.63, 3.8) is 0 Å². The first kappa shape index (κ1) is 21.4. The van der Waals surface area contributed by atoms with Gasteiger partial charge in [0.1, 0.15) is 17.3 Å². The third-order valence-corrected chi connectivity index (χ3v) is 5.38. The highest BCUT2D eigenvalue weighted by molar-refractivity contribution is 6.46. The Morgan fingerprint density at radius 3 is 2.40 bits per heavy atom. The van der Waals surface area contributed by atoms with E-state index < -0.39 is 17.7 Å². The summed E-state index contributed by atoms with van der Waals surface area (Å²) in [6, 6.07) is 9.27. The molecule has 0 saturated carbocycles. The summed E-state index contributed by atoms with van der Waals surface area (Å²) in [7, 11) is 1.51. The first-order chi connectivity index (χ1) is 14.3. The van der Waals surface area contributed by atoms with Crippen LogP contribution in [0.25, 0.3) is 5.76 Å². The van der Waals surface area contributed by atoms with Gasteiger partial charge in [0.05, 0.1) is 24.3 Å². The third-order valence-electron chi connectivity index (χ3n) is 5.38. The summed E-state index contributed by atoms with van der Waals surface area (Å²) in [5.41, 5.74) is 2.78. The Labute approximate surface area is 176 Å². The lowest BCUT2D eigenvalue weighted by molar-refractivity contribution is -0.139. The number of aryl methyl sites for hydroxylation is 2. The first-order valence-corrected chi connectivity index (χ1v) is 10.0. The van der Waals surface area contributed by atoms with Crippen LogP contribution in [0.15, 0.2) is 42.0 Å². The molecule has 0 radical (unpaired) electrons. The predicted molar refractivity (Wildman–Crippen MR) is 114 cm³/mol. The van der Waals surface area contributed by atoms with Crippen molar-refractivity contribution in [1.82, 2.24) is 4.90 Å². The summed E-state index contributed by atoms with van der Waals surface area (Å²) in [6.45, 7) is 6.15. The van der Waals surface area contributed by atoms with Crippen molar-refractivity contribution in [3.8, 4) is 11.5 Å². The Kier molecular flexibility index (Phi) is 6.15. The number of hydrogen-bond donors (Lipinski definition) is 2. The van der Waals surface area contributed by atoms with Crippen LogP contribution in [0.2, 0.25) is 0 Å². The second-order valence-electron chi connectivity index (χ2n) is 7.60. The number of hydrogen-bond acceptors (Lipinski definition) is 5. The summed E-state index contributed by atoms with van der Waals surface area (Å²) in [6.07, 6.45) is 1.59. The summed E-state index contributed by atoms with van der Waals surface area (Å²) < 4.78 is 5.49. The molecule has 2 aromatic carbocycles. The van der Waals surface area contributed by atoms with E-state index >= 15 is 0 Å². The highest BCUT2D eigenvalue weighted by Crippen LogP contribution is 2.42. The van der Waals surface area contributed by atoms with Crippen molar-refractivity contribution in [3.05, 3.63) is 64.2 Å². The number of aliphatic hydroxyl groups excluding tert-OH is 1. The number of likely N-dealkylation sites (tertiary alicyclic amines) is 1. The Morgan fingerprint density at radius 2 is 1.80 bits per heavy atom. The molecule has 1 saturated heterocycles. The quantitative estimate of drug-likeness (QED) is 0.423. The molecule has 1 aliphatic rings. The number of amides is 1. The zero-order valence-electron chi connectivity index (χ0n) is 17.7. The molecule has 0 aliphatic carbocycles. The largest absolute Gasteiger partial charge is 0.508 e. The molecule has 0 bridgehead atoms. The maximum absolute atomic E-state index is 13.0. The number of rotatable bonds is 6. The van der Waals surface area contributed by atoms with Gasteiger partial charge in [-0.3, -0.25) is 9.59 Å². The fraction of sp³-hybridized carbons (Fsp3) is 0.333. The number of benzene rings is 2. The molecule has 1 amide bonds. The van der Waals surface area contributed by atoms with Gasteiger partial charge < -0.3 is 19.8 Å². The van der Waals surface area contributed by atoms with Crippen molar-refractivity contribution in [2.45, 2.75) is 39.7 Å². The molecule has 0 spiro atoms.